The molecule has 0 spiro atoms. The second-order valence-corrected chi connectivity index (χ2v) is 4.47. The van der Waals surface area contributed by atoms with E-state index in [0.717, 1.165) is 17.8 Å². The van der Waals surface area contributed by atoms with Crippen molar-refractivity contribution in [2.24, 2.45) is 0 Å². The van der Waals surface area contributed by atoms with Crippen molar-refractivity contribution >= 4 is 17.4 Å². The molecule has 1 aliphatic rings. The number of fused-ring (bicyclic) bond motifs is 1. The number of carbonyl (C=O) groups excluding carboxylic acids is 1. The molecule has 4 nitrogen and oxygen atoms in total. The van der Waals surface area contributed by atoms with Crippen LogP contribution in [0, 0.1) is 6.92 Å². The fraction of sp³-hybridized carbons (Fsp3) is 0.214. The highest BCUT2D eigenvalue weighted by Crippen LogP contribution is 2.21. The number of aryl methyl sites for hydroxylation is 2. The normalized spacial score (nSPS) is 13.5. The lowest BCUT2D eigenvalue weighted by Gasteiger charge is -2.06. The average Bonchev–Trinajstić information content (AvgIpc) is 2.71. The first-order valence-corrected chi connectivity index (χ1v) is 5.95. The summed E-state index contributed by atoms with van der Waals surface area (Å²) in [5, 5.41) is 3.16. The molecule has 0 saturated carbocycles. The summed E-state index contributed by atoms with van der Waals surface area (Å²) in [6.45, 7) is 2.04. The SMILES string of the molecule is Cc1cccc(Nc2ncc3c(n2)CCC3=O)c1. The van der Waals surface area contributed by atoms with E-state index in [-0.39, 0.29) is 5.78 Å². The third kappa shape index (κ3) is 1.97. The van der Waals surface area contributed by atoms with Crippen molar-refractivity contribution in [2.45, 2.75) is 19.8 Å². The summed E-state index contributed by atoms with van der Waals surface area (Å²) in [7, 11) is 0. The van der Waals surface area contributed by atoms with Crippen LogP contribution in [-0.4, -0.2) is 15.8 Å². The van der Waals surface area contributed by atoms with E-state index in [1.165, 1.54) is 5.56 Å². The van der Waals surface area contributed by atoms with Crippen LogP contribution < -0.4 is 5.32 Å². The number of aromatic nitrogens is 2. The minimum atomic E-state index is 0.145. The van der Waals surface area contributed by atoms with Gasteiger partial charge in [0.2, 0.25) is 5.95 Å². The van der Waals surface area contributed by atoms with Crippen LogP contribution in [0.4, 0.5) is 11.6 Å². The fourth-order valence-electron chi connectivity index (χ4n) is 2.12. The Balaban J connectivity index is 1.88. The summed E-state index contributed by atoms with van der Waals surface area (Å²) in [5.74, 6) is 0.696. The quantitative estimate of drug-likeness (QED) is 0.875. The van der Waals surface area contributed by atoms with E-state index in [0.29, 0.717) is 17.9 Å². The van der Waals surface area contributed by atoms with Gasteiger partial charge >= 0.3 is 0 Å². The molecule has 1 heterocycles. The lowest BCUT2D eigenvalue weighted by molar-refractivity contribution is 0.0994. The zero-order valence-corrected chi connectivity index (χ0v) is 10.1. The van der Waals surface area contributed by atoms with Crippen LogP contribution >= 0.6 is 0 Å². The third-order valence-electron chi connectivity index (χ3n) is 3.03. The lowest BCUT2D eigenvalue weighted by atomic mass is 10.2. The zero-order valence-electron chi connectivity index (χ0n) is 10.1. The Morgan fingerprint density at radius 2 is 2.17 bits per heavy atom. The molecule has 90 valence electrons. The molecule has 0 bridgehead atoms. The summed E-state index contributed by atoms with van der Waals surface area (Å²) < 4.78 is 0. The van der Waals surface area contributed by atoms with Crippen LogP contribution in [0.3, 0.4) is 0 Å². The smallest absolute Gasteiger partial charge is 0.227 e. The van der Waals surface area contributed by atoms with Gasteiger partial charge in [0, 0.05) is 18.3 Å². The molecule has 0 atom stereocenters. The van der Waals surface area contributed by atoms with Gasteiger partial charge in [0.15, 0.2) is 5.78 Å². The van der Waals surface area contributed by atoms with Crippen molar-refractivity contribution in [1.29, 1.82) is 0 Å². The molecule has 1 aromatic heterocycles. The van der Waals surface area contributed by atoms with Crippen molar-refractivity contribution in [2.75, 3.05) is 5.32 Å². The molecule has 4 heteroatoms. The molecule has 1 aliphatic carbocycles. The number of hydrogen-bond acceptors (Lipinski definition) is 4. The van der Waals surface area contributed by atoms with Gasteiger partial charge in [-0.2, -0.15) is 0 Å². The minimum Gasteiger partial charge on any atom is -0.324 e. The number of ketones is 1. The summed E-state index contributed by atoms with van der Waals surface area (Å²) in [6, 6.07) is 8.01. The molecule has 18 heavy (non-hydrogen) atoms. The maximum atomic E-state index is 11.5. The Bertz CT molecular complexity index is 622. The predicted molar refractivity (Wildman–Crippen MR) is 69.1 cm³/mol. The second-order valence-electron chi connectivity index (χ2n) is 4.47. The van der Waals surface area contributed by atoms with E-state index in [9.17, 15) is 4.79 Å². The molecule has 0 amide bonds. The van der Waals surface area contributed by atoms with Crippen LogP contribution in [0.1, 0.15) is 28.0 Å². The Hall–Kier alpha value is -2.23. The molecule has 1 N–H and O–H groups in total. The molecular weight excluding hydrogens is 226 g/mol. The molecule has 0 saturated heterocycles. The van der Waals surface area contributed by atoms with Gasteiger partial charge in [0.25, 0.3) is 0 Å². The molecule has 0 fully saturated rings. The van der Waals surface area contributed by atoms with E-state index < -0.39 is 0 Å². The summed E-state index contributed by atoms with van der Waals surface area (Å²) >= 11 is 0. The summed E-state index contributed by atoms with van der Waals surface area (Å²) in [6.07, 6.45) is 2.90. The van der Waals surface area contributed by atoms with E-state index in [2.05, 4.69) is 15.3 Å². The number of nitrogens with one attached hydrogen (secondary N) is 1. The Morgan fingerprint density at radius 1 is 1.28 bits per heavy atom. The van der Waals surface area contributed by atoms with Gasteiger partial charge in [-0.25, -0.2) is 9.97 Å². The van der Waals surface area contributed by atoms with Crippen LogP contribution in [-0.2, 0) is 6.42 Å². The average molecular weight is 239 g/mol. The molecule has 3 rings (SSSR count). The molecule has 0 radical (unpaired) electrons. The summed E-state index contributed by atoms with van der Waals surface area (Å²) in [4.78, 5) is 20.0. The second kappa shape index (κ2) is 4.22. The predicted octanol–water partition coefficient (Wildman–Crippen LogP) is 2.66. The number of anilines is 2. The van der Waals surface area contributed by atoms with Gasteiger partial charge in [-0.1, -0.05) is 12.1 Å². The first-order valence-electron chi connectivity index (χ1n) is 5.95. The van der Waals surface area contributed by atoms with Crippen molar-refractivity contribution in [1.82, 2.24) is 9.97 Å². The number of hydrogen-bond donors (Lipinski definition) is 1. The lowest BCUT2D eigenvalue weighted by Crippen LogP contribution is -2.01. The minimum absolute atomic E-state index is 0.145. The third-order valence-corrected chi connectivity index (χ3v) is 3.03. The summed E-state index contributed by atoms with van der Waals surface area (Å²) in [5.41, 5.74) is 3.66. The Kier molecular flexibility index (Phi) is 2.55. The molecular formula is C14H13N3O. The van der Waals surface area contributed by atoms with Gasteiger partial charge in [-0.3, -0.25) is 4.79 Å². The molecule has 0 aliphatic heterocycles. The fourth-order valence-corrected chi connectivity index (χ4v) is 2.12. The van der Waals surface area contributed by atoms with Crippen molar-refractivity contribution in [3.05, 3.63) is 47.3 Å². The number of rotatable bonds is 2. The van der Waals surface area contributed by atoms with E-state index in [4.69, 9.17) is 0 Å². The molecule has 0 unspecified atom stereocenters. The number of carbonyl (C=O) groups is 1. The van der Waals surface area contributed by atoms with Crippen LogP contribution in [0.25, 0.3) is 0 Å². The van der Waals surface area contributed by atoms with E-state index in [1.54, 1.807) is 6.20 Å². The monoisotopic (exact) mass is 239 g/mol. The highest BCUT2D eigenvalue weighted by atomic mass is 16.1. The Labute approximate surface area is 105 Å². The number of nitrogens with zero attached hydrogens (tertiary/aromatic N) is 2. The van der Waals surface area contributed by atoms with Gasteiger partial charge in [0.1, 0.15) is 0 Å². The zero-order chi connectivity index (χ0) is 12.5. The van der Waals surface area contributed by atoms with E-state index in [1.807, 2.05) is 31.2 Å². The van der Waals surface area contributed by atoms with Gasteiger partial charge < -0.3 is 5.32 Å². The van der Waals surface area contributed by atoms with Crippen molar-refractivity contribution in [3.63, 3.8) is 0 Å². The topological polar surface area (TPSA) is 54.9 Å². The first-order chi connectivity index (χ1) is 8.72. The van der Waals surface area contributed by atoms with Crippen molar-refractivity contribution < 1.29 is 4.79 Å². The molecule has 1 aromatic carbocycles. The van der Waals surface area contributed by atoms with Crippen molar-refractivity contribution in [3.8, 4) is 0 Å². The van der Waals surface area contributed by atoms with Gasteiger partial charge in [-0.15, -0.1) is 0 Å². The largest absolute Gasteiger partial charge is 0.324 e. The maximum absolute atomic E-state index is 11.5. The van der Waals surface area contributed by atoms with E-state index >= 15 is 0 Å². The van der Waals surface area contributed by atoms with Gasteiger partial charge in [-0.05, 0) is 31.0 Å². The highest BCUT2D eigenvalue weighted by Gasteiger charge is 2.21. The van der Waals surface area contributed by atoms with Crippen LogP contribution in [0.2, 0.25) is 0 Å². The van der Waals surface area contributed by atoms with Crippen LogP contribution in [0.15, 0.2) is 30.5 Å². The number of Topliss-reactive ketones (excluding diaryl/α,β-unsaturated/α-hetero) is 1. The first kappa shape index (κ1) is 10.9. The van der Waals surface area contributed by atoms with Gasteiger partial charge in [0.05, 0.1) is 11.3 Å². The highest BCUT2D eigenvalue weighted by molar-refractivity contribution is 5.99. The Morgan fingerprint density at radius 3 is 3.00 bits per heavy atom. The number of benzene rings is 1. The molecule has 2 aromatic rings. The standard InChI is InChI=1S/C14H13N3O/c1-9-3-2-4-10(7-9)16-14-15-8-11-12(17-14)5-6-13(11)18/h2-4,7-8H,5-6H2,1H3,(H,15,16,17). The van der Waals surface area contributed by atoms with Crippen LogP contribution in [0.5, 0.6) is 0 Å². The maximum Gasteiger partial charge on any atom is 0.227 e.